The van der Waals surface area contributed by atoms with Gasteiger partial charge in [-0.05, 0) is 19.1 Å². The number of halogens is 2. The number of carbonyl (C=O) groups is 1. The van der Waals surface area contributed by atoms with Crippen LogP contribution in [-0.2, 0) is 9.53 Å². The molecule has 0 spiro atoms. The molecule has 0 saturated heterocycles. The molecule has 1 N–H and O–H groups in total. The van der Waals surface area contributed by atoms with Crippen molar-refractivity contribution in [2.24, 2.45) is 5.92 Å². The van der Waals surface area contributed by atoms with Gasteiger partial charge in [0.1, 0.15) is 5.75 Å². The minimum absolute atomic E-state index is 0.0496. The Balaban J connectivity index is 2.59. The van der Waals surface area contributed by atoms with Crippen LogP contribution in [-0.4, -0.2) is 25.7 Å². The van der Waals surface area contributed by atoms with Crippen molar-refractivity contribution in [1.82, 2.24) is 0 Å². The molecule has 1 rings (SSSR count). The highest BCUT2D eigenvalue weighted by molar-refractivity contribution is 5.73. The highest BCUT2D eigenvalue weighted by Crippen LogP contribution is 2.25. The quantitative estimate of drug-likeness (QED) is 0.776. The summed E-state index contributed by atoms with van der Waals surface area (Å²) in [5.74, 6) is -0.657. The van der Waals surface area contributed by atoms with Crippen LogP contribution < -0.4 is 10.1 Å². The number of nitrogens with one attached hydrogen (secondary N) is 1. The van der Waals surface area contributed by atoms with Gasteiger partial charge < -0.3 is 14.8 Å². The van der Waals surface area contributed by atoms with Crippen molar-refractivity contribution in [1.29, 1.82) is 0 Å². The molecule has 0 radical (unpaired) electrons. The first-order valence-corrected chi connectivity index (χ1v) is 5.99. The third kappa shape index (κ3) is 5.11. The van der Waals surface area contributed by atoms with Crippen LogP contribution in [0.15, 0.2) is 24.3 Å². The van der Waals surface area contributed by atoms with Gasteiger partial charge in [-0.15, -0.1) is 0 Å². The molecule has 0 bridgehead atoms. The Hall–Kier alpha value is -1.85. The molecule has 1 unspecified atom stereocenters. The topological polar surface area (TPSA) is 47.6 Å². The van der Waals surface area contributed by atoms with E-state index in [0.29, 0.717) is 12.3 Å². The van der Waals surface area contributed by atoms with Crippen molar-refractivity contribution < 1.29 is 23.0 Å². The van der Waals surface area contributed by atoms with E-state index in [-0.39, 0.29) is 24.2 Å². The molecule has 0 aromatic heterocycles. The molecule has 6 heteroatoms. The zero-order chi connectivity index (χ0) is 14.3. The first-order chi connectivity index (χ1) is 9.04. The number of alkyl halides is 2. The fourth-order valence-corrected chi connectivity index (χ4v) is 1.44. The van der Waals surface area contributed by atoms with Gasteiger partial charge >= 0.3 is 12.6 Å². The number of para-hydroxylation sites is 2. The molecule has 19 heavy (non-hydrogen) atoms. The Kier molecular flexibility index (Phi) is 6.05. The highest BCUT2D eigenvalue weighted by Gasteiger charge is 2.15. The SMILES string of the molecule is CCOC(=O)C(C)CNc1ccccc1OC(F)F. The van der Waals surface area contributed by atoms with E-state index >= 15 is 0 Å². The standard InChI is InChI=1S/C13H17F2NO3/c1-3-18-12(17)9(2)8-16-10-6-4-5-7-11(10)19-13(14)15/h4-7,9,13,16H,3,8H2,1-2H3. The van der Waals surface area contributed by atoms with Gasteiger partial charge in [-0.1, -0.05) is 19.1 Å². The molecule has 106 valence electrons. The van der Waals surface area contributed by atoms with Gasteiger partial charge in [0.25, 0.3) is 0 Å². The molecule has 0 aliphatic heterocycles. The van der Waals surface area contributed by atoms with E-state index in [2.05, 4.69) is 10.1 Å². The van der Waals surface area contributed by atoms with Gasteiger partial charge in [-0.25, -0.2) is 0 Å². The number of benzene rings is 1. The first kappa shape index (κ1) is 15.2. The maximum atomic E-state index is 12.2. The maximum Gasteiger partial charge on any atom is 0.387 e. The van der Waals surface area contributed by atoms with Gasteiger partial charge in [-0.2, -0.15) is 8.78 Å². The lowest BCUT2D eigenvalue weighted by molar-refractivity contribution is -0.146. The van der Waals surface area contributed by atoms with Crippen molar-refractivity contribution in [3.63, 3.8) is 0 Å². The van der Waals surface area contributed by atoms with Crippen LogP contribution in [0.2, 0.25) is 0 Å². The van der Waals surface area contributed by atoms with Crippen LogP contribution in [0, 0.1) is 5.92 Å². The van der Waals surface area contributed by atoms with Crippen LogP contribution in [0.4, 0.5) is 14.5 Å². The lowest BCUT2D eigenvalue weighted by Crippen LogP contribution is -2.22. The van der Waals surface area contributed by atoms with Crippen LogP contribution in [0.3, 0.4) is 0 Å². The van der Waals surface area contributed by atoms with E-state index in [1.165, 1.54) is 6.07 Å². The molecule has 0 saturated carbocycles. The average Bonchev–Trinajstić information content (AvgIpc) is 2.37. The normalized spacial score (nSPS) is 12.1. The average molecular weight is 273 g/mol. The zero-order valence-corrected chi connectivity index (χ0v) is 10.9. The summed E-state index contributed by atoms with van der Waals surface area (Å²) in [6.45, 7) is 1.13. The van der Waals surface area contributed by atoms with Gasteiger partial charge in [-0.3, -0.25) is 4.79 Å². The Labute approximate surface area is 110 Å². The van der Waals surface area contributed by atoms with E-state index in [4.69, 9.17) is 4.74 Å². The fourth-order valence-electron chi connectivity index (χ4n) is 1.44. The number of rotatable bonds is 7. The summed E-state index contributed by atoms with van der Waals surface area (Å²) in [4.78, 5) is 11.4. The summed E-state index contributed by atoms with van der Waals surface area (Å²) >= 11 is 0. The minimum atomic E-state index is -2.88. The second kappa shape index (κ2) is 7.56. The molecule has 4 nitrogen and oxygen atoms in total. The van der Waals surface area contributed by atoms with Crippen LogP contribution in [0.25, 0.3) is 0 Å². The van der Waals surface area contributed by atoms with E-state index < -0.39 is 6.61 Å². The second-order valence-electron chi connectivity index (χ2n) is 3.91. The van der Waals surface area contributed by atoms with Gasteiger partial charge in [0.15, 0.2) is 0 Å². The Morgan fingerprint density at radius 1 is 1.37 bits per heavy atom. The summed E-state index contributed by atoms with van der Waals surface area (Å²) in [5, 5.41) is 2.90. The van der Waals surface area contributed by atoms with E-state index in [9.17, 15) is 13.6 Å². The van der Waals surface area contributed by atoms with E-state index in [0.717, 1.165) is 0 Å². The molecule has 0 heterocycles. The molecule has 0 aliphatic rings. The van der Waals surface area contributed by atoms with Crippen LogP contribution in [0.5, 0.6) is 5.75 Å². The number of carbonyl (C=O) groups excluding carboxylic acids is 1. The largest absolute Gasteiger partial charge is 0.466 e. The number of esters is 1. The summed E-state index contributed by atoms with van der Waals surface area (Å²) in [7, 11) is 0. The Morgan fingerprint density at radius 2 is 2.05 bits per heavy atom. The molecule has 1 aromatic rings. The molecular weight excluding hydrogens is 256 g/mol. The van der Waals surface area contributed by atoms with E-state index in [1.807, 2.05) is 0 Å². The monoisotopic (exact) mass is 273 g/mol. The molecule has 1 aromatic carbocycles. The minimum Gasteiger partial charge on any atom is -0.466 e. The Morgan fingerprint density at radius 3 is 2.68 bits per heavy atom. The summed E-state index contributed by atoms with van der Waals surface area (Å²) in [5.41, 5.74) is 0.416. The maximum absolute atomic E-state index is 12.2. The first-order valence-electron chi connectivity index (χ1n) is 5.99. The molecule has 0 amide bonds. The molecule has 0 fully saturated rings. The summed E-state index contributed by atoms with van der Waals surface area (Å²) < 4.78 is 33.6. The second-order valence-corrected chi connectivity index (χ2v) is 3.91. The molecule has 1 atom stereocenters. The van der Waals surface area contributed by atoms with E-state index in [1.54, 1.807) is 32.0 Å². The summed E-state index contributed by atoms with van der Waals surface area (Å²) in [6.07, 6.45) is 0. The predicted molar refractivity (Wildman–Crippen MR) is 67.4 cm³/mol. The number of hydrogen-bond donors (Lipinski definition) is 1. The third-order valence-electron chi connectivity index (χ3n) is 2.39. The van der Waals surface area contributed by atoms with Crippen molar-refractivity contribution in [3.8, 4) is 5.75 Å². The van der Waals surface area contributed by atoms with Crippen LogP contribution >= 0.6 is 0 Å². The number of ether oxygens (including phenoxy) is 2. The zero-order valence-electron chi connectivity index (χ0n) is 10.9. The number of anilines is 1. The van der Waals surface area contributed by atoms with Gasteiger partial charge in [0.2, 0.25) is 0 Å². The van der Waals surface area contributed by atoms with Gasteiger partial charge in [0.05, 0.1) is 18.2 Å². The highest BCUT2D eigenvalue weighted by atomic mass is 19.3. The molecular formula is C13H17F2NO3. The predicted octanol–water partition coefficient (Wildman–Crippen LogP) is 2.90. The lowest BCUT2D eigenvalue weighted by Gasteiger charge is -2.15. The lowest BCUT2D eigenvalue weighted by atomic mass is 10.2. The van der Waals surface area contributed by atoms with Gasteiger partial charge in [0, 0.05) is 6.54 Å². The molecule has 0 aliphatic carbocycles. The van der Waals surface area contributed by atoms with Crippen LogP contribution in [0.1, 0.15) is 13.8 Å². The third-order valence-corrected chi connectivity index (χ3v) is 2.39. The van der Waals surface area contributed by atoms with Crippen molar-refractivity contribution in [2.45, 2.75) is 20.5 Å². The van der Waals surface area contributed by atoms with Crippen molar-refractivity contribution in [3.05, 3.63) is 24.3 Å². The van der Waals surface area contributed by atoms with Crippen molar-refractivity contribution in [2.75, 3.05) is 18.5 Å². The van der Waals surface area contributed by atoms with Crippen molar-refractivity contribution >= 4 is 11.7 Å². The fraction of sp³-hybridized carbons (Fsp3) is 0.462. The summed E-state index contributed by atoms with van der Waals surface area (Å²) in [6, 6.07) is 6.33. The number of hydrogen-bond acceptors (Lipinski definition) is 4. The Bertz CT molecular complexity index is 413. The smallest absolute Gasteiger partial charge is 0.387 e.